The molecule has 0 unspecified atom stereocenters. The van der Waals surface area contributed by atoms with Gasteiger partial charge < -0.3 is 30.4 Å². The summed E-state index contributed by atoms with van der Waals surface area (Å²) < 4.78 is 10.1. The zero-order valence-corrected chi connectivity index (χ0v) is 21.3. The summed E-state index contributed by atoms with van der Waals surface area (Å²) in [6.45, 7) is 8.45. The Bertz CT molecular complexity index is 1250. The van der Waals surface area contributed by atoms with Gasteiger partial charge in [0.2, 0.25) is 0 Å². The molecule has 4 N–H and O–H groups in total. The molecule has 35 heavy (non-hydrogen) atoms. The molecule has 0 fully saturated rings. The van der Waals surface area contributed by atoms with Crippen molar-refractivity contribution in [3.05, 3.63) is 62.9 Å². The van der Waals surface area contributed by atoms with Crippen molar-refractivity contribution in [1.29, 1.82) is 0 Å². The maximum atomic E-state index is 12.2. The molecular weight excluding hydrogens is 444 g/mol. The molecule has 0 atom stereocenters. The summed E-state index contributed by atoms with van der Waals surface area (Å²) >= 11 is 0. The Labute approximate surface area is 206 Å². The van der Waals surface area contributed by atoms with Gasteiger partial charge in [-0.1, -0.05) is 6.07 Å². The molecule has 2 aromatic carbocycles. The summed E-state index contributed by atoms with van der Waals surface area (Å²) in [5.41, 5.74) is 11.9. The van der Waals surface area contributed by atoms with Crippen molar-refractivity contribution >= 4 is 28.2 Å². The zero-order chi connectivity index (χ0) is 25.5. The van der Waals surface area contributed by atoms with Crippen LogP contribution >= 0.6 is 0 Å². The molecule has 2 heterocycles. The van der Waals surface area contributed by atoms with Crippen LogP contribution in [0.15, 0.2) is 35.1 Å². The summed E-state index contributed by atoms with van der Waals surface area (Å²) in [4.78, 5) is 28.8. The predicted octanol–water partition coefficient (Wildman–Crippen LogP) is 4.10. The first-order valence-corrected chi connectivity index (χ1v) is 12.0. The van der Waals surface area contributed by atoms with Gasteiger partial charge in [0.1, 0.15) is 5.75 Å². The van der Waals surface area contributed by atoms with Crippen LogP contribution in [0.25, 0.3) is 10.9 Å². The molecule has 0 saturated carbocycles. The molecule has 3 aromatic rings. The fourth-order valence-corrected chi connectivity index (χ4v) is 4.33. The predicted molar refractivity (Wildman–Crippen MR) is 141 cm³/mol. The first-order valence-electron chi connectivity index (χ1n) is 12.0. The summed E-state index contributed by atoms with van der Waals surface area (Å²) in [5, 5.41) is 4.59. The van der Waals surface area contributed by atoms with Gasteiger partial charge in [-0.15, -0.1) is 0 Å². The number of nitrogens with two attached hydrogens (primary N) is 1. The van der Waals surface area contributed by atoms with E-state index in [2.05, 4.69) is 48.4 Å². The van der Waals surface area contributed by atoms with Crippen molar-refractivity contribution in [3.63, 3.8) is 0 Å². The maximum absolute atomic E-state index is 12.2. The minimum atomic E-state index is -0.384. The van der Waals surface area contributed by atoms with Crippen molar-refractivity contribution < 1.29 is 14.3 Å². The number of rotatable bonds is 6. The lowest BCUT2D eigenvalue weighted by Gasteiger charge is -2.21. The molecule has 0 amide bonds. The summed E-state index contributed by atoms with van der Waals surface area (Å²) in [6, 6.07) is 9.18. The second kappa shape index (κ2) is 11.8. The molecule has 0 bridgehead atoms. The lowest BCUT2D eigenvalue weighted by atomic mass is 9.97. The smallest absolute Gasteiger partial charge is 0.338 e. The monoisotopic (exact) mass is 480 g/mol. The van der Waals surface area contributed by atoms with Gasteiger partial charge in [0.05, 0.1) is 30.0 Å². The number of ether oxygens (including phenoxy) is 2. The van der Waals surface area contributed by atoms with Crippen molar-refractivity contribution in [2.75, 3.05) is 44.9 Å². The first kappa shape index (κ1) is 26.1. The van der Waals surface area contributed by atoms with Gasteiger partial charge in [0.25, 0.3) is 5.56 Å². The van der Waals surface area contributed by atoms with E-state index in [1.165, 1.54) is 16.5 Å². The number of aromatic amines is 1. The fraction of sp³-hybridized carbons (Fsp3) is 0.407. The third-order valence-electron chi connectivity index (χ3n) is 5.62. The van der Waals surface area contributed by atoms with Gasteiger partial charge in [-0.25, -0.2) is 4.79 Å². The second-order valence-electron chi connectivity index (χ2n) is 8.86. The Kier molecular flexibility index (Phi) is 8.76. The number of esters is 1. The number of nitrogens with one attached hydrogen (secondary N) is 2. The van der Waals surface area contributed by atoms with E-state index >= 15 is 0 Å². The number of aromatic nitrogens is 1. The molecular formula is C27H36N4O4. The topological polar surface area (TPSA) is 110 Å². The molecule has 1 aromatic heterocycles. The lowest BCUT2D eigenvalue weighted by Crippen LogP contribution is -2.22. The van der Waals surface area contributed by atoms with Gasteiger partial charge in [0, 0.05) is 35.8 Å². The van der Waals surface area contributed by atoms with Gasteiger partial charge in [0.15, 0.2) is 0 Å². The highest BCUT2D eigenvalue weighted by Gasteiger charge is 2.17. The third kappa shape index (κ3) is 6.54. The van der Waals surface area contributed by atoms with Crippen LogP contribution in [0.5, 0.6) is 5.75 Å². The van der Waals surface area contributed by atoms with E-state index in [9.17, 15) is 9.59 Å². The molecule has 4 rings (SSSR count). The van der Waals surface area contributed by atoms with Gasteiger partial charge in [-0.05, 0) is 77.0 Å². The Morgan fingerprint density at radius 3 is 2.57 bits per heavy atom. The standard InChI is InChI=1S/C16H21N3O.C11H15NO3/c1-10-7-11(9-19(2)3)8-13-14(10)15-12(16(20)18-13)5-4-6-17-15;1-3-14-10-6-8(5-9(12)7-10)11(13)15-4-2/h7-8,17H,4-6,9H2,1-3H3,(H,18,20);5-7H,3-4,12H2,1-2H3. The van der Waals surface area contributed by atoms with Crippen LogP contribution in [0.2, 0.25) is 0 Å². The van der Waals surface area contributed by atoms with Gasteiger partial charge in [-0.2, -0.15) is 0 Å². The first-order chi connectivity index (χ1) is 16.7. The molecule has 0 spiro atoms. The molecule has 8 nitrogen and oxygen atoms in total. The van der Waals surface area contributed by atoms with Crippen LogP contribution in [-0.2, 0) is 17.7 Å². The number of hydrogen-bond donors (Lipinski definition) is 3. The van der Waals surface area contributed by atoms with Crippen LogP contribution in [0.4, 0.5) is 11.4 Å². The highest BCUT2D eigenvalue weighted by atomic mass is 16.5. The third-order valence-corrected chi connectivity index (χ3v) is 5.62. The van der Waals surface area contributed by atoms with E-state index in [1.807, 2.05) is 6.92 Å². The van der Waals surface area contributed by atoms with Gasteiger partial charge >= 0.3 is 5.97 Å². The average molecular weight is 481 g/mol. The van der Waals surface area contributed by atoms with Crippen LogP contribution in [0.1, 0.15) is 47.3 Å². The number of fused-ring (bicyclic) bond motifs is 3. The minimum absolute atomic E-state index is 0.0566. The zero-order valence-electron chi connectivity index (χ0n) is 21.3. The highest BCUT2D eigenvalue weighted by molar-refractivity contribution is 5.96. The average Bonchev–Trinajstić information content (AvgIpc) is 2.79. The molecule has 1 aliphatic heterocycles. The largest absolute Gasteiger partial charge is 0.494 e. The van der Waals surface area contributed by atoms with Gasteiger partial charge in [-0.3, -0.25) is 4.79 Å². The molecule has 0 radical (unpaired) electrons. The fourth-order valence-electron chi connectivity index (χ4n) is 4.33. The van der Waals surface area contributed by atoms with Crippen molar-refractivity contribution in [2.45, 2.75) is 40.2 Å². The summed E-state index contributed by atoms with van der Waals surface area (Å²) in [7, 11) is 4.10. The summed E-state index contributed by atoms with van der Waals surface area (Å²) in [5.74, 6) is 0.200. The molecule has 0 aliphatic carbocycles. The van der Waals surface area contributed by atoms with Crippen LogP contribution in [0, 0.1) is 6.92 Å². The van der Waals surface area contributed by atoms with Crippen LogP contribution in [0.3, 0.4) is 0 Å². The van der Waals surface area contributed by atoms with Crippen LogP contribution < -0.4 is 21.3 Å². The van der Waals surface area contributed by atoms with E-state index < -0.39 is 0 Å². The van der Waals surface area contributed by atoms with Crippen molar-refractivity contribution in [2.24, 2.45) is 0 Å². The molecule has 1 aliphatic rings. The number of nitrogens with zero attached hydrogens (tertiary/aromatic N) is 1. The quantitative estimate of drug-likeness (QED) is 0.360. The SMILES string of the molecule is CCOC(=O)c1cc(N)cc(OCC)c1.Cc1cc(CN(C)C)cc2[nH]c(=O)c3c(c12)NCCC3. The second-order valence-corrected chi connectivity index (χ2v) is 8.86. The van der Waals surface area contributed by atoms with E-state index in [0.29, 0.717) is 30.2 Å². The van der Waals surface area contributed by atoms with E-state index in [-0.39, 0.29) is 11.5 Å². The van der Waals surface area contributed by atoms with Crippen molar-refractivity contribution in [1.82, 2.24) is 9.88 Å². The number of anilines is 2. The number of H-pyrrole nitrogens is 1. The minimum Gasteiger partial charge on any atom is -0.494 e. The number of benzene rings is 2. The molecule has 188 valence electrons. The Balaban J connectivity index is 0.000000205. The number of hydrogen-bond acceptors (Lipinski definition) is 7. The number of carbonyl (C=O) groups excluding carboxylic acids is 1. The molecule has 0 saturated heterocycles. The normalized spacial score (nSPS) is 12.4. The van der Waals surface area contributed by atoms with E-state index in [4.69, 9.17) is 15.2 Å². The lowest BCUT2D eigenvalue weighted by molar-refractivity contribution is 0.0526. The Morgan fingerprint density at radius 2 is 1.89 bits per heavy atom. The number of aryl methyl sites for hydroxylation is 1. The van der Waals surface area contributed by atoms with Crippen molar-refractivity contribution in [3.8, 4) is 5.75 Å². The van der Waals surface area contributed by atoms with E-state index in [1.54, 1.807) is 25.1 Å². The number of pyridine rings is 1. The number of nitrogen functional groups attached to an aromatic ring is 1. The highest BCUT2D eigenvalue weighted by Crippen LogP contribution is 2.31. The van der Waals surface area contributed by atoms with E-state index in [0.717, 1.165) is 42.7 Å². The Morgan fingerprint density at radius 1 is 1.11 bits per heavy atom. The molecule has 8 heteroatoms. The summed E-state index contributed by atoms with van der Waals surface area (Å²) in [6.07, 6.45) is 1.89. The maximum Gasteiger partial charge on any atom is 0.338 e. The number of carbonyl (C=O) groups is 1. The Hall–Kier alpha value is -3.52. The van der Waals surface area contributed by atoms with Crippen LogP contribution in [-0.4, -0.2) is 49.7 Å².